The van der Waals surface area contributed by atoms with E-state index in [2.05, 4.69) is 41.6 Å². The second-order valence-electron chi connectivity index (χ2n) is 4.87. The molecule has 0 spiro atoms. The molecular weight excluding hydrogens is 278 g/mol. The highest BCUT2D eigenvalue weighted by molar-refractivity contribution is 9.09. The number of methoxy groups -OCH3 is 1. The second kappa shape index (κ2) is 11.5. The van der Waals surface area contributed by atoms with E-state index in [0.29, 0.717) is 0 Å². The molecule has 104 valence electrons. The van der Waals surface area contributed by atoms with Crippen LogP contribution in [0.3, 0.4) is 0 Å². The summed E-state index contributed by atoms with van der Waals surface area (Å²) in [6.07, 6.45) is 5.06. The van der Waals surface area contributed by atoms with Gasteiger partial charge in [-0.1, -0.05) is 36.7 Å². The number of hydrogen-bond acceptors (Lipinski definition) is 2. The number of hydrogen-bond donors (Lipinski definition) is 0. The van der Waals surface area contributed by atoms with Crippen molar-refractivity contribution in [3.8, 4) is 0 Å². The Morgan fingerprint density at radius 3 is 2.24 bits per heavy atom. The molecule has 17 heavy (non-hydrogen) atoms. The Balaban J connectivity index is 4.07. The molecule has 0 rings (SSSR count). The Labute approximate surface area is 116 Å². The van der Waals surface area contributed by atoms with E-state index in [4.69, 9.17) is 4.74 Å². The third-order valence-electron chi connectivity index (χ3n) is 3.55. The van der Waals surface area contributed by atoms with Crippen LogP contribution in [0.4, 0.5) is 0 Å². The highest BCUT2D eigenvalue weighted by Gasteiger charge is 2.15. The third kappa shape index (κ3) is 8.17. The van der Waals surface area contributed by atoms with Gasteiger partial charge in [0.15, 0.2) is 0 Å². The molecule has 0 N–H and O–H groups in total. The molecule has 1 atom stereocenters. The van der Waals surface area contributed by atoms with Gasteiger partial charge in [-0.15, -0.1) is 0 Å². The lowest BCUT2D eigenvalue weighted by molar-refractivity contribution is 0.110. The molecule has 3 heteroatoms. The van der Waals surface area contributed by atoms with E-state index in [0.717, 1.165) is 30.4 Å². The van der Waals surface area contributed by atoms with Crippen molar-refractivity contribution >= 4 is 15.9 Å². The molecule has 0 aliphatic rings. The topological polar surface area (TPSA) is 12.5 Å². The second-order valence-corrected chi connectivity index (χ2v) is 5.66. The quantitative estimate of drug-likeness (QED) is 0.536. The Bertz CT molecular complexity index is 162. The molecule has 0 saturated carbocycles. The van der Waals surface area contributed by atoms with Gasteiger partial charge >= 0.3 is 0 Å². The smallest absolute Gasteiger partial charge is 0.0589 e. The minimum atomic E-state index is 0.723. The molecule has 0 fully saturated rings. The van der Waals surface area contributed by atoms with E-state index < -0.39 is 0 Å². The van der Waals surface area contributed by atoms with Crippen LogP contribution in [0.5, 0.6) is 0 Å². The minimum absolute atomic E-state index is 0.723. The van der Waals surface area contributed by atoms with Crippen molar-refractivity contribution in [2.45, 2.75) is 52.5 Å². The first-order chi connectivity index (χ1) is 8.19. The fraction of sp³-hybridized carbons (Fsp3) is 1.00. The summed E-state index contributed by atoms with van der Waals surface area (Å²) in [5, 5.41) is 1.12. The van der Waals surface area contributed by atoms with Crippen LogP contribution in [-0.4, -0.2) is 43.1 Å². The fourth-order valence-corrected chi connectivity index (χ4v) is 2.99. The van der Waals surface area contributed by atoms with E-state index in [1.807, 2.05) is 0 Å². The fourth-order valence-electron chi connectivity index (χ4n) is 2.21. The maximum atomic E-state index is 5.22. The summed E-state index contributed by atoms with van der Waals surface area (Å²) in [4.78, 5) is 2.61. The molecule has 0 radical (unpaired) electrons. The predicted molar refractivity (Wildman–Crippen MR) is 80.0 cm³/mol. The van der Waals surface area contributed by atoms with Crippen LogP contribution in [0.25, 0.3) is 0 Å². The zero-order chi connectivity index (χ0) is 13.1. The zero-order valence-corrected chi connectivity index (χ0v) is 13.6. The van der Waals surface area contributed by atoms with E-state index in [1.54, 1.807) is 7.11 Å². The number of rotatable bonds is 11. The van der Waals surface area contributed by atoms with E-state index in [9.17, 15) is 0 Å². The summed E-state index contributed by atoms with van der Waals surface area (Å²) in [6.45, 7) is 10.1. The highest BCUT2D eigenvalue weighted by atomic mass is 79.9. The Morgan fingerprint density at radius 2 is 1.76 bits per heavy atom. The van der Waals surface area contributed by atoms with Gasteiger partial charge in [0.2, 0.25) is 0 Å². The average molecular weight is 308 g/mol. The molecule has 0 heterocycles. The molecule has 0 aromatic rings. The highest BCUT2D eigenvalue weighted by Crippen LogP contribution is 2.14. The predicted octanol–water partition coefficient (Wildman–Crippen LogP) is 3.93. The van der Waals surface area contributed by atoms with E-state index >= 15 is 0 Å². The molecule has 0 aromatic heterocycles. The maximum absolute atomic E-state index is 5.22. The molecule has 0 aromatic carbocycles. The van der Waals surface area contributed by atoms with Crippen LogP contribution in [0.15, 0.2) is 0 Å². The van der Waals surface area contributed by atoms with Gasteiger partial charge in [0.1, 0.15) is 0 Å². The summed E-state index contributed by atoms with van der Waals surface area (Å²) in [5.74, 6) is 0.814. The largest absolute Gasteiger partial charge is 0.383 e. The SMILES string of the molecule is CCC(CC)N(CCOC)CCC(C)CCBr. The van der Waals surface area contributed by atoms with Crippen molar-refractivity contribution in [3.05, 3.63) is 0 Å². The number of ether oxygens (including phenoxy) is 1. The average Bonchev–Trinajstić information content (AvgIpc) is 2.33. The Hall–Kier alpha value is 0.400. The van der Waals surface area contributed by atoms with Crippen LogP contribution in [0, 0.1) is 5.92 Å². The number of nitrogens with zero attached hydrogens (tertiary/aromatic N) is 1. The summed E-state index contributed by atoms with van der Waals surface area (Å²) >= 11 is 3.52. The maximum Gasteiger partial charge on any atom is 0.0589 e. The van der Waals surface area contributed by atoms with Crippen LogP contribution < -0.4 is 0 Å². The Morgan fingerprint density at radius 1 is 1.12 bits per heavy atom. The minimum Gasteiger partial charge on any atom is -0.383 e. The molecule has 0 bridgehead atoms. The molecule has 0 aliphatic carbocycles. The third-order valence-corrected chi connectivity index (χ3v) is 4.01. The van der Waals surface area contributed by atoms with Crippen molar-refractivity contribution < 1.29 is 4.74 Å². The van der Waals surface area contributed by atoms with Gasteiger partial charge in [-0.3, -0.25) is 4.90 Å². The normalized spacial score (nSPS) is 13.6. The first-order valence-electron chi connectivity index (χ1n) is 6.98. The first-order valence-corrected chi connectivity index (χ1v) is 8.10. The van der Waals surface area contributed by atoms with Gasteiger partial charge in [-0.05, 0) is 38.1 Å². The summed E-state index contributed by atoms with van der Waals surface area (Å²) in [7, 11) is 1.79. The van der Waals surface area contributed by atoms with Crippen LogP contribution in [0.1, 0.15) is 46.5 Å². The molecular formula is C14H30BrNO. The van der Waals surface area contributed by atoms with Crippen LogP contribution >= 0.6 is 15.9 Å². The van der Waals surface area contributed by atoms with Gasteiger partial charge in [0.05, 0.1) is 6.61 Å². The lowest BCUT2D eigenvalue weighted by atomic mass is 10.0. The number of halogens is 1. The van der Waals surface area contributed by atoms with E-state index in [-0.39, 0.29) is 0 Å². The van der Waals surface area contributed by atoms with Gasteiger partial charge in [-0.25, -0.2) is 0 Å². The van der Waals surface area contributed by atoms with Gasteiger partial charge in [-0.2, -0.15) is 0 Å². The molecule has 0 saturated heterocycles. The standard InChI is InChI=1S/C14H30BrNO/c1-5-14(6-2)16(11-12-17-4)10-8-13(3)7-9-15/h13-14H,5-12H2,1-4H3. The monoisotopic (exact) mass is 307 g/mol. The number of alkyl halides is 1. The summed E-state index contributed by atoms with van der Waals surface area (Å²) in [6, 6.07) is 0.723. The first kappa shape index (κ1) is 17.4. The van der Waals surface area contributed by atoms with Crippen molar-refractivity contribution in [2.75, 3.05) is 32.1 Å². The molecule has 0 aliphatic heterocycles. The molecule has 1 unspecified atom stereocenters. The van der Waals surface area contributed by atoms with E-state index in [1.165, 1.54) is 32.2 Å². The van der Waals surface area contributed by atoms with Crippen LogP contribution in [-0.2, 0) is 4.74 Å². The summed E-state index contributed by atoms with van der Waals surface area (Å²) < 4.78 is 5.22. The van der Waals surface area contributed by atoms with Gasteiger partial charge < -0.3 is 4.74 Å². The van der Waals surface area contributed by atoms with Gasteiger partial charge in [0, 0.05) is 25.0 Å². The lowest BCUT2D eigenvalue weighted by Crippen LogP contribution is -2.38. The van der Waals surface area contributed by atoms with Gasteiger partial charge in [0.25, 0.3) is 0 Å². The van der Waals surface area contributed by atoms with Crippen LogP contribution in [0.2, 0.25) is 0 Å². The molecule has 0 amide bonds. The lowest BCUT2D eigenvalue weighted by Gasteiger charge is -2.31. The zero-order valence-electron chi connectivity index (χ0n) is 12.0. The van der Waals surface area contributed by atoms with Crippen molar-refractivity contribution in [2.24, 2.45) is 5.92 Å². The van der Waals surface area contributed by atoms with Crippen molar-refractivity contribution in [1.29, 1.82) is 0 Å². The summed E-state index contributed by atoms with van der Waals surface area (Å²) in [5.41, 5.74) is 0. The van der Waals surface area contributed by atoms with Crippen molar-refractivity contribution in [1.82, 2.24) is 4.90 Å². The van der Waals surface area contributed by atoms with Crippen molar-refractivity contribution in [3.63, 3.8) is 0 Å². The Kier molecular flexibility index (Phi) is 11.8. The molecule has 2 nitrogen and oxygen atoms in total.